The number of hydrogen-bond acceptors (Lipinski definition) is 4. The normalized spacial score (nSPS) is 20.1. The number of rotatable bonds is 2. The van der Waals surface area contributed by atoms with Crippen LogP contribution >= 0.6 is 0 Å². The highest BCUT2D eigenvalue weighted by atomic mass is 16.5. The molecule has 0 bridgehead atoms. The molecule has 1 aromatic heterocycles. The first kappa shape index (κ1) is 10.9. The van der Waals surface area contributed by atoms with Crippen LogP contribution in [0.1, 0.15) is 5.56 Å². The zero-order chi connectivity index (χ0) is 12.9. The maximum Gasteiger partial charge on any atom is 0.225 e. The molecule has 4 rings (SSSR count). The fourth-order valence-corrected chi connectivity index (χ4v) is 2.80. The Hall–Kier alpha value is -1.94. The standard InChI is InChI=1S/C15H15N3O/c1-2-11-3-4-13-12(5-11)6-16-14(17-13)18-7-15(8-18)9-19-10-15/h2-6H,1,7-10H2. The lowest BCUT2D eigenvalue weighted by atomic mass is 9.78. The zero-order valence-corrected chi connectivity index (χ0v) is 10.7. The minimum absolute atomic E-state index is 0.394. The van der Waals surface area contributed by atoms with Crippen LogP contribution in [0.25, 0.3) is 17.0 Å². The summed E-state index contributed by atoms with van der Waals surface area (Å²) in [5.41, 5.74) is 2.48. The van der Waals surface area contributed by atoms with E-state index in [-0.39, 0.29) is 0 Å². The molecule has 2 aliphatic rings. The van der Waals surface area contributed by atoms with Gasteiger partial charge in [0.2, 0.25) is 5.95 Å². The van der Waals surface area contributed by atoms with E-state index in [0.29, 0.717) is 5.41 Å². The van der Waals surface area contributed by atoms with Crippen LogP contribution < -0.4 is 4.90 Å². The Balaban J connectivity index is 1.63. The molecule has 0 atom stereocenters. The van der Waals surface area contributed by atoms with Crippen LogP contribution in [0.3, 0.4) is 0 Å². The molecule has 96 valence electrons. The topological polar surface area (TPSA) is 38.2 Å². The van der Waals surface area contributed by atoms with E-state index in [4.69, 9.17) is 4.74 Å². The molecular formula is C15H15N3O. The van der Waals surface area contributed by atoms with E-state index in [1.54, 1.807) is 0 Å². The summed E-state index contributed by atoms with van der Waals surface area (Å²) in [5, 5.41) is 1.06. The molecule has 2 aliphatic heterocycles. The molecule has 19 heavy (non-hydrogen) atoms. The summed E-state index contributed by atoms with van der Waals surface area (Å²) in [6, 6.07) is 6.12. The van der Waals surface area contributed by atoms with E-state index in [2.05, 4.69) is 27.5 Å². The Morgan fingerprint density at radius 3 is 2.84 bits per heavy atom. The van der Waals surface area contributed by atoms with Crippen molar-refractivity contribution >= 4 is 22.9 Å². The van der Waals surface area contributed by atoms with Gasteiger partial charge in [0.15, 0.2) is 0 Å². The van der Waals surface area contributed by atoms with Gasteiger partial charge in [0.1, 0.15) is 0 Å². The molecule has 2 saturated heterocycles. The maximum absolute atomic E-state index is 5.28. The van der Waals surface area contributed by atoms with Gasteiger partial charge in [0.05, 0.1) is 24.1 Å². The first-order valence-electron chi connectivity index (χ1n) is 6.50. The molecule has 0 aliphatic carbocycles. The lowest BCUT2D eigenvalue weighted by Gasteiger charge is -2.54. The van der Waals surface area contributed by atoms with E-state index >= 15 is 0 Å². The predicted octanol–water partition coefficient (Wildman–Crippen LogP) is 2.11. The second-order valence-electron chi connectivity index (χ2n) is 5.54. The number of aromatic nitrogens is 2. The van der Waals surface area contributed by atoms with Crippen molar-refractivity contribution in [2.45, 2.75) is 0 Å². The number of ether oxygens (including phenoxy) is 1. The third-order valence-corrected chi connectivity index (χ3v) is 3.98. The van der Waals surface area contributed by atoms with Crippen LogP contribution in [0.15, 0.2) is 31.0 Å². The minimum atomic E-state index is 0.394. The maximum atomic E-state index is 5.28. The highest BCUT2D eigenvalue weighted by molar-refractivity contribution is 5.81. The van der Waals surface area contributed by atoms with E-state index in [1.165, 1.54) is 0 Å². The molecule has 2 aromatic rings. The molecule has 0 N–H and O–H groups in total. The van der Waals surface area contributed by atoms with E-state index < -0.39 is 0 Å². The van der Waals surface area contributed by atoms with Gasteiger partial charge < -0.3 is 9.64 Å². The average molecular weight is 253 g/mol. The molecule has 0 amide bonds. The van der Waals surface area contributed by atoms with Gasteiger partial charge in [-0.3, -0.25) is 0 Å². The number of fused-ring (bicyclic) bond motifs is 1. The summed E-state index contributed by atoms with van der Waals surface area (Å²) >= 11 is 0. The average Bonchev–Trinajstić information content (AvgIpc) is 2.34. The van der Waals surface area contributed by atoms with Crippen molar-refractivity contribution in [1.29, 1.82) is 0 Å². The van der Waals surface area contributed by atoms with Crippen molar-refractivity contribution in [1.82, 2.24) is 9.97 Å². The van der Waals surface area contributed by atoms with Gasteiger partial charge >= 0.3 is 0 Å². The molecule has 0 radical (unpaired) electrons. The lowest BCUT2D eigenvalue weighted by Crippen LogP contribution is -2.66. The summed E-state index contributed by atoms with van der Waals surface area (Å²) < 4.78 is 5.28. The van der Waals surface area contributed by atoms with Gasteiger partial charge in [-0.1, -0.05) is 18.7 Å². The lowest BCUT2D eigenvalue weighted by molar-refractivity contribution is -0.127. The first-order chi connectivity index (χ1) is 9.28. The smallest absolute Gasteiger partial charge is 0.225 e. The Morgan fingerprint density at radius 1 is 1.32 bits per heavy atom. The molecule has 1 aromatic carbocycles. The Bertz CT molecular complexity index is 655. The second-order valence-corrected chi connectivity index (χ2v) is 5.54. The largest absolute Gasteiger partial charge is 0.380 e. The molecule has 3 heterocycles. The first-order valence-corrected chi connectivity index (χ1v) is 6.50. The number of hydrogen-bond donors (Lipinski definition) is 0. The Kier molecular flexibility index (Phi) is 2.17. The van der Waals surface area contributed by atoms with Crippen molar-refractivity contribution in [3.05, 3.63) is 36.5 Å². The fraction of sp³-hybridized carbons (Fsp3) is 0.333. The zero-order valence-electron chi connectivity index (χ0n) is 10.7. The van der Waals surface area contributed by atoms with Crippen LogP contribution in [0.4, 0.5) is 5.95 Å². The van der Waals surface area contributed by atoms with Crippen molar-refractivity contribution in [3.8, 4) is 0 Å². The van der Waals surface area contributed by atoms with Crippen LogP contribution in [0, 0.1) is 5.41 Å². The van der Waals surface area contributed by atoms with Gasteiger partial charge in [-0.2, -0.15) is 0 Å². The predicted molar refractivity (Wildman–Crippen MR) is 75.1 cm³/mol. The summed E-state index contributed by atoms with van der Waals surface area (Å²) in [5.74, 6) is 0.830. The van der Waals surface area contributed by atoms with Crippen LogP contribution in [0.2, 0.25) is 0 Å². The summed E-state index contributed by atoms with van der Waals surface area (Å²) in [6.45, 7) is 7.59. The number of anilines is 1. The fourth-order valence-electron chi connectivity index (χ4n) is 2.80. The summed E-state index contributed by atoms with van der Waals surface area (Å²) in [6.07, 6.45) is 3.73. The summed E-state index contributed by atoms with van der Waals surface area (Å²) in [4.78, 5) is 11.3. The van der Waals surface area contributed by atoms with Crippen molar-refractivity contribution in [2.75, 3.05) is 31.2 Å². The quantitative estimate of drug-likeness (QED) is 0.821. The minimum Gasteiger partial charge on any atom is -0.380 e. The molecule has 1 spiro atoms. The van der Waals surface area contributed by atoms with Crippen molar-refractivity contribution in [2.24, 2.45) is 5.41 Å². The van der Waals surface area contributed by atoms with Gasteiger partial charge in [-0.15, -0.1) is 0 Å². The molecule has 2 fully saturated rings. The van der Waals surface area contributed by atoms with Gasteiger partial charge in [-0.25, -0.2) is 9.97 Å². The summed E-state index contributed by atoms with van der Waals surface area (Å²) in [7, 11) is 0. The number of nitrogens with zero attached hydrogens (tertiary/aromatic N) is 3. The van der Waals surface area contributed by atoms with E-state index in [1.807, 2.05) is 24.4 Å². The Morgan fingerprint density at radius 2 is 2.16 bits per heavy atom. The van der Waals surface area contributed by atoms with Crippen LogP contribution in [-0.4, -0.2) is 36.3 Å². The monoisotopic (exact) mass is 253 g/mol. The van der Waals surface area contributed by atoms with E-state index in [0.717, 1.165) is 48.7 Å². The highest BCUT2D eigenvalue weighted by Gasteiger charge is 2.49. The third kappa shape index (κ3) is 1.64. The van der Waals surface area contributed by atoms with Crippen molar-refractivity contribution < 1.29 is 4.74 Å². The van der Waals surface area contributed by atoms with Gasteiger partial charge in [0, 0.05) is 24.7 Å². The SMILES string of the molecule is C=Cc1ccc2nc(N3CC4(COC4)C3)ncc2c1. The van der Waals surface area contributed by atoms with Gasteiger partial charge in [-0.05, 0) is 17.7 Å². The Labute approximate surface area is 111 Å². The molecular weight excluding hydrogens is 238 g/mol. The van der Waals surface area contributed by atoms with Crippen LogP contribution in [0.5, 0.6) is 0 Å². The molecule has 0 saturated carbocycles. The number of benzene rings is 1. The molecule has 0 unspecified atom stereocenters. The van der Waals surface area contributed by atoms with Gasteiger partial charge in [0.25, 0.3) is 0 Å². The molecule has 4 heteroatoms. The van der Waals surface area contributed by atoms with Crippen LogP contribution in [-0.2, 0) is 4.74 Å². The van der Waals surface area contributed by atoms with E-state index in [9.17, 15) is 0 Å². The third-order valence-electron chi connectivity index (χ3n) is 3.98. The van der Waals surface area contributed by atoms with Crippen molar-refractivity contribution in [3.63, 3.8) is 0 Å². The molecule has 4 nitrogen and oxygen atoms in total. The second kappa shape index (κ2) is 3.78. The highest BCUT2D eigenvalue weighted by Crippen LogP contribution is 2.39.